The van der Waals surface area contributed by atoms with Crippen molar-refractivity contribution in [2.24, 2.45) is 0 Å². The normalized spacial score (nSPS) is 10.2. The molecule has 0 bridgehead atoms. The van der Waals surface area contributed by atoms with Gasteiger partial charge < -0.3 is 14.4 Å². The van der Waals surface area contributed by atoms with Gasteiger partial charge in [-0.25, -0.2) is 0 Å². The van der Waals surface area contributed by atoms with E-state index in [4.69, 9.17) is 4.42 Å². The Morgan fingerprint density at radius 2 is 1.64 bits per heavy atom. The van der Waals surface area contributed by atoms with Crippen molar-refractivity contribution in [2.45, 2.75) is 13.8 Å². The van der Waals surface area contributed by atoms with Gasteiger partial charge in [-0.2, -0.15) is 5.26 Å². The summed E-state index contributed by atoms with van der Waals surface area (Å²) in [5.41, 5.74) is 8.04. The minimum atomic E-state index is 0. The molecule has 0 amide bonds. The maximum absolute atomic E-state index is 9.22. The third kappa shape index (κ3) is 5.11. The number of nitrogens with zero attached hydrogens (tertiary/aromatic N) is 3. The Hall–Kier alpha value is -4.10. The first-order valence-electron chi connectivity index (χ1n) is 11.2. The van der Waals surface area contributed by atoms with Gasteiger partial charge in [0.15, 0.2) is 0 Å². The summed E-state index contributed by atoms with van der Waals surface area (Å²) in [5.74, 6) is 0. The maximum atomic E-state index is 9.22. The molecule has 177 valence electrons. The van der Waals surface area contributed by atoms with E-state index < -0.39 is 0 Å². The molecule has 0 atom stereocenters. The zero-order valence-corrected chi connectivity index (χ0v) is 22.1. The molecule has 0 saturated carbocycles. The molecule has 0 saturated heterocycles. The Balaban J connectivity index is 0.000000187. The number of pyridine rings is 2. The van der Waals surface area contributed by atoms with Crippen molar-refractivity contribution >= 4 is 21.9 Å². The molecule has 0 aliphatic carbocycles. The van der Waals surface area contributed by atoms with E-state index in [0.29, 0.717) is 5.56 Å². The van der Waals surface area contributed by atoms with Crippen LogP contribution in [0.15, 0.2) is 95.7 Å². The van der Waals surface area contributed by atoms with E-state index in [0.717, 1.165) is 50.0 Å². The topological polar surface area (TPSA) is 62.7 Å². The van der Waals surface area contributed by atoms with E-state index in [2.05, 4.69) is 41.2 Å². The fourth-order valence-corrected chi connectivity index (χ4v) is 3.95. The summed E-state index contributed by atoms with van der Waals surface area (Å²) in [5, 5.41) is 11.1. The molecule has 0 aliphatic heterocycles. The number of benzene rings is 3. The van der Waals surface area contributed by atoms with Crippen molar-refractivity contribution < 1.29 is 24.5 Å². The predicted octanol–water partition coefficient (Wildman–Crippen LogP) is 7.48. The van der Waals surface area contributed by atoms with Crippen LogP contribution in [0.5, 0.6) is 0 Å². The van der Waals surface area contributed by atoms with Crippen LogP contribution in [0, 0.1) is 37.3 Å². The Morgan fingerprint density at radius 1 is 0.806 bits per heavy atom. The fraction of sp³-hybridized carbons (Fsp3) is 0.0645. The van der Waals surface area contributed by atoms with E-state index in [-0.39, 0.29) is 20.1 Å². The molecule has 0 unspecified atom stereocenters. The molecule has 5 heteroatoms. The zero-order chi connectivity index (χ0) is 24.2. The van der Waals surface area contributed by atoms with Crippen LogP contribution in [0.25, 0.3) is 44.5 Å². The Labute approximate surface area is 223 Å². The van der Waals surface area contributed by atoms with Crippen molar-refractivity contribution in [3.8, 4) is 28.6 Å². The molecular weight excluding hydrogens is 623 g/mol. The number of aromatic nitrogens is 2. The average molecular weight is 644 g/mol. The quantitative estimate of drug-likeness (QED) is 0.184. The molecule has 3 aromatic carbocycles. The minimum absolute atomic E-state index is 0. The predicted molar refractivity (Wildman–Crippen MR) is 138 cm³/mol. The molecule has 4 nitrogen and oxygen atoms in total. The summed E-state index contributed by atoms with van der Waals surface area (Å²) in [4.78, 5) is 8.66. The molecule has 3 heterocycles. The van der Waals surface area contributed by atoms with E-state index in [9.17, 15) is 5.26 Å². The third-order valence-electron chi connectivity index (χ3n) is 5.72. The molecule has 0 aliphatic rings. The summed E-state index contributed by atoms with van der Waals surface area (Å²) >= 11 is 0. The van der Waals surface area contributed by atoms with Crippen molar-refractivity contribution in [2.75, 3.05) is 0 Å². The monoisotopic (exact) mass is 644 g/mol. The fourth-order valence-electron chi connectivity index (χ4n) is 3.95. The second kappa shape index (κ2) is 11.1. The minimum Gasteiger partial charge on any atom is -0.501 e. The van der Waals surface area contributed by atoms with Crippen LogP contribution >= 0.6 is 0 Å². The van der Waals surface area contributed by atoms with Gasteiger partial charge in [-0.1, -0.05) is 34.7 Å². The number of rotatable bonds is 2. The van der Waals surface area contributed by atoms with Gasteiger partial charge in [0.25, 0.3) is 0 Å². The molecule has 1 radical (unpaired) electrons. The van der Waals surface area contributed by atoms with Crippen LogP contribution in [0.3, 0.4) is 0 Å². The van der Waals surface area contributed by atoms with Crippen LogP contribution in [0.1, 0.15) is 16.7 Å². The maximum Gasteiger partial charge on any atom is 0.121 e. The molecule has 6 rings (SSSR count). The van der Waals surface area contributed by atoms with Crippen LogP contribution < -0.4 is 0 Å². The van der Waals surface area contributed by atoms with E-state index in [1.807, 2.05) is 85.9 Å². The van der Waals surface area contributed by atoms with Gasteiger partial charge in [-0.15, -0.1) is 54.1 Å². The zero-order valence-electron chi connectivity index (χ0n) is 19.7. The van der Waals surface area contributed by atoms with Gasteiger partial charge in [0.2, 0.25) is 0 Å². The van der Waals surface area contributed by atoms with E-state index >= 15 is 0 Å². The number of furan rings is 1. The van der Waals surface area contributed by atoms with E-state index in [1.54, 1.807) is 6.20 Å². The van der Waals surface area contributed by atoms with Crippen molar-refractivity contribution in [1.29, 1.82) is 5.26 Å². The van der Waals surface area contributed by atoms with Gasteiger partial charge in [-0.3, -0.25) is 0 Å². The first-order valence-corrected chi connectivity index (χ1v) is 11.2. The third-order valence-corrected chi connectivity index (χ3v) is 5.72. The second-order valence-corrected chi connectivity index (χ2v) is 8.18. The molecule has 36 heavy (non-hydrogen) atoms. The van der Waals surface area contributed by atoms with Crippen LogP contribution in [-0.4, -0.2) is 9.97 Å². The summed E-state index contributed by atoms with van der Waals surface area (Å²) in [6, 6.07) is 33.9. The van der Waals surface area contributed by atoms with E-state index in [1.165, 1.54) is 5.56 Å². The molecule has 0 N–H and O–H groups in total. The second-order valence-electron chi connectivity index (χ2n) is 8.18. The van der Waals surface area contributed by atoms with Crippen molar-refractivity contribution in [1.82, 2.24) is 9.97 Å². The first kappa shape index (κ1) is 25.0. The van der Waals surface area contributed by atoms with Crippen molar-refractivity contribution in [3.05, 3.63) is 120 Å². The summed E-state index contributed by atoms with van der Waals surface area (Å²) in [6.45, 7) is 3.98. The SMILES string of the molecule is Cc1cc2oc3c(-c4ccccn4)[c-]ccc3c2cc1C#N.Cc1ccnc(-c2[c-]cccc2)c1.[Ir]. The summed E-state index contributed by atoms with van der Waals surface area (Å²) in [7, 11) is 0. The molecule has 0 fully saturated rings. The Morgan fingerprint density at radius 3 is 2.36 bits per heavy atom. The summed E-state index contributed by atoms with van der Waals surface area (Å²) in [6.07, 6.45) is 3.58. The molecular formula is C31H21IrN3O-2. The Kier molecular flexibility index (Phi) is 7.71. The van der Waals surface area contributed by atoms with Gasteiger partial charge >= 0.3 is 0 Å². The molecule has 6 aromatic rings. The largest absolute Gasteiger partial charge is 0.501 e. The molecule has 3 aromatic heterocycles. The Bertz CT molecular complexity index is 1670. The smallest absolute Gasteiger partial charge is 0.121 e. The van der Waals surface area contributed by atoms with Crippen LogP contribution in [0.4, 0.5) is 0 Å². The van der Waals surface area contributed by atoms with Gasteiger partial charge in [0.05, 0.1) is 17.2 Å². The number of aryl methyl sites for hydroxylation is 2. The number of nitriles is 1. The van der Waals surface area contributed by atoms with Crippen molar-refractivity contribution in [3.63, 3.8) is 0 Å². The van der Waals surface area contributed by atoms with Gasteiger partial charge in [-0.05, 0) is 55.1 Å². The van der Waals surface area contributed by atoms with Gasteiger partial charge in [0.1, 0.15) is 5.58 Å². The van der Waals surface area contributed by atoms with Crippen LogP contribution in [-0.2, 0) is 20.1 Å². The average Bonchev–Trinajstić information content (AvgIpc) is 3.27. The number of fused-ring (bicyclic) bond motifs is 3. The number of hydrogen-bond acceptors (Lipinski definition) is 4. The molecule has 0 spiro atoms. The standard InChI is InChI=1S/C19H11N2O.C12H10N.Ir/c1-12-9-18-16(10-13(12)11-20)14-5-4-6-15(19(14)22-18)17-7-2-3-8-21-17;1-10-7-8-13-12(9-10)11-5-3-2-4-6-11;/h2-5,7-10H,1H3;2-5,7-9H,1H3;/q2*-1;. The summed E-state index contributed by atoms with van der Waals surface area (Å²) < 4.78 is 6.04. The number of hydrogen-bond donors (Lipinski definition) is 0. The van der Waals surface area contributed by atoms with Crippen LogP contribution in [0.2, 0.25) is 0 Å². The first-order chi connectivity index (χ1) is 17.1. The van der Waals surface area contributed by atoms with Gasteiger partial charge in [0, 0.05) is 37.9 Å².